The molecule has 6 heteroatoms. The molecular formula is C21H21N3O2S. The van der Waals surface area contributed by atoms with Crippen LogP contribution in [0.25, 0.3) is 6.08 Å². The molecule has 3 rings (SSSR count). The fourth-order valence-electron chi connectivity index (χ4n) is 2.40. The summed E-state index contributed by atoms with van der Waals surface area (Å²) in [7, 11) is 0. The first-order chi connectivity index (χ1) is 13.2. The van der Waals surface area contributed by atoms with Gasteiger partial charge in [-0.3, -0.25) is 10.1 Å². The van der Waals surface area contributed by atoms with Gasteiger partial charge in [0.15, 0.2) is 0 Å². The highest BCUT2D eigenvalue weighted by Crippen LogP contribution is 2.18. The molecule has 27 heavy (non-hydrogen) atoms. The number of anilines is 1. The van der Waals surface area contributed by atoms with Crippen molar-refractivity contribution in [2.45, 2.75) is 19.8 Å². The summed E-state index contributed by atoms with van der Waals surface area (Å²) in [6, 6.07) is 19.5. The van der Waals surface area contributed by atoms with Crippen molar-refractivity contribution in [3.63, 3.8) is 0 Å². The second-order valence-corrected chi connectivity index (χ2v) is 7.02. The molecule has 0 aliphatic heterocycles. The number of ether oxygens (including phenoxy) is 1. The van der Waals surface area contributed by atoms with E-state index in [2.05, 4.69) is 15.5 Å². The zero-order valence-corrected chi connectivity index (χ0v) is 15.9. The van der Waals surface area contributed by atoms with Gasteiger partial charge in [0.05, 0.1) is 6.61 Å². The Morgan fingerprint density at radius 3 is 2.52 bits per heavy atom. The highest BCUT2D eigenvalue weighted by molar-refractivity contribution is 7.15. The summed E-state index contributed by atoms with van der Waals surface area (Å²) in [5.41, 5.74) is 1.61. The Bertz CT molecular complexity index is 892. The molecule has 0 fully saturated rings. The largest absolute Gasteiger partial charge is 0.494 e. The van der Waals surface area contributed by atoms with Crippen LogP contribution in [0.4, 0.5) is 5.13 Å². The van der Waals surface area contributed by atoms with Crippen molar-refractivity contribution in [3.8, 4) is 5.75 Å². The molecule has 0 saturated carbocycles. The van der Waals surface area contributed by atoms with Gasteiger partial charge in [0.2, 0.25) is 5.13 Å². The van der Waals surface area contributed by atoms with E-state index in [1.165, 1.54) is 11.3 Å². The third-order valence-electron chi connectivity index (χ3n) is 3.78. The number of hydrogen-bond donors (Lipinski definition) is 1. The number of nitrogens with zero attached hydrogens (tertiary/aromatic N) is 2. The lowest BCUT2D eigenvalue weighted by Crippen LogP contribution is -2.12. The Hall–Kier alpha value is -2.99. The molecule has 0 radical (unpaired) electrons. The number of aromatic nitrogens is 2. The number of carbonyl (C=O) groups is 1. The van der Waals surface area contributed by atoms with Gasteiger partial charge in [0.25, 0.3) is 5.91 Å². The normalized spacial score (nSPS) is 11.2. The van der Waals surface area contributed by atoms with Crippen LogP contribution in [0.3, 0.4) is 0 Å². The van der Waals surface area contributed by atoms with Gasteiger partial charge in [-0.1, -0.05) is 59.9 Å². The van der Waals surface area contributed by atoms with Crippen LogP contribution >= 0.6 is 11.3 Å². The van der Waals surface area contributed by atoms with Crippen LogP contribution in [0.2, 0.25) is 0 Å². The van der Waals surface area contributed by atoms with Gasteiger partial charge in [-0.2, -0.15) is 0 Å². The zero-order valence-electron chi connectivity index (χ0n) is 15.1. The molecule has 0 bridgehead atoms. The topological polar surface area (TPSA) is 64.1 Å². The molecule has 3 aromatic rings. The number of rotatable bonds is 8. The first-order valence-corrected chi connectivity index (χ1v) is 9.57. The minimum Gasteiger partial charge on any atom is -0.494 e. The summed E-state index contributed by atoms with van der Waals surface area (Å²) in [5, 5.41) is 12.4. The average Bonchev–Trinajstić information content (AvgIpc) is 3.14. The molecule has 1 N–H and O–H groups in total. The zero-order chi connectivity index (χ0) is 18.9. The van der Waals surface area contributed by atoms with Gasteiger partial charge in [0.1, 0.15) is 10.8 Å². The Balaban J connectivity index is 1.46. The maximum atomic E-state index is 12.3. The minimum absolute atomic E-state index is 0.172. The molecule has 138 valence electrons. The van der Waals surface area contributed by atoms with E-state index in [0.29, 0.717) is 17.3 Å². The summed E-state index contributed by atoms with van der Waals surface area (Å²) in [6.45, 7) is 2.40. The van der Waals surface area contributed by atoms with Gasteiger partial charge < -0.3 is 4.74 Å². The van der Waals surface area contributed by atoms with Crippen LogP contribution in [0.15, 0.2) is 66.2 Å². The van der Waals surface area contributed by atoms with E-state index in [0.717, 1.165) is 29.2 Å². The van der Waals surface area contributed by atoms with E-state index >= 15 is 0 Å². The van der Waals surface area contributed by atoms with E-state index in [1.807, 2.05) is 66.7 Å². The maximum absolute atomic E-state index is 12.3. The van der Waals surface area contributed by atoms with Crippen molar-refractivity contribution < 1.29 is 9.53 Å². The van der Waals surface area contributed by atoms with Crippen LogP contribution < -0.4 is 10.1 Å². The van der Waals surface area contributed by atoms with Gasteiger partial charge in [0, 0.05) is 12.0 Å². The first-order valence-electron chi connectivity index (χ1n) is 8.75. The van der Waals surface area contributed by atoms with Crippen LogP contribution in [0.1, 0.15) is 23.9 Å². The van der Waals surface area contributed by atoms with E-state index in [-0.39, 0.29) is 5.91 Å². The third-order valence-corrected chi connectivity index (χ3v) is 4.67. The molecule has 2 aromatic carbocycles. The summed E-state index contributed by atoms with van der Waals surface area (Å²) in [4.78, 5) is 12.3. The Morgan fingerprint density at radius 1 is 1.07 bits per heavy atom. The summed E-state index contributed by atoms with van der Waals surface area (Å²) < 4.78 is 5.67. The first kappa shape index (κ1) is 18.8. The Labute approximate surface area is 162 Å². The van der Waals surface area contributed by atoms with Gasteiger partial charge in [-0.15, -0.1) is 10.2 Å². The van der Waals surface area contributed by atoms with Crippen molar-refractivity contribution in [1.82, 2.24) is 10.2 Å². The van der Waals surface area contributed by atoms with E-state index in [4.69, 9.17) is 4.74 Å². The lowest BCUT2D eigenvalue weighted by molar-refractivity contribution is -0.112. The van der Waals surface area contributed by atoms with Crippen molar-refractivity contribution in [1.29, 1.82) is 0 Å². The average molecular weight is 379 g/mol. The molecule has 1 aromatic heterocycles. The minimum atomic E-state index is -0.172. The number of carbonyl (C=O) groups excluding carboxylic acids is 1. The maximum Gasteiger partial charge on any atom is 0.253 e. The number of benzene rings is 2. The highest BCUT2D eigenvalue weighted by Gasteiger charge is 2.10. The van der Waals surface area contributed by atoms with Crippen molar-refractivity contribution >= 4 is 28.5 Å². The second-order valence-electron chi connectivity index (χ2n) is 5.96. The predicted molar refractivity (Wildman–Crippen MR) is 109 cm³/mol. The SMILES string of the molecule is C/C(=C/c1ccccc1)C(=O)Nc1nnc(CCCOc2ccccc2)s1. The van der Waals surface area contributed by atoms with Crippen LogP contribution in [0, 0.1) is 0 Å². The second kappa shape index (κ2) is 9.64. The predicted octanol–water partition coefficient (Wildman–Crippen LogP) is 4.59. The lowest BCUT2D eigenvalue weighted by atomic mass is 10.1. The molecule has 1 amide bonds. The molecule has 0 aliphatic rings. The number of amides is 1. The van der Waals surface area contributed by atoms with E-state index in [1.54, 1.807) is 6.92 Å². The van der Waals surface area contributed by atoms with Crippen molar-refractivity contribution in [2.24, 2.45) is 0 Å². The van der Waals surface area contributed by atoms with Crippen molar-refractivity contribution in [2.75, 3.05) is 11.9 Å². The van der Waals surface area contributed by atoms with Crippen LogP contribution in [0.5, 0.6) is 5.75 Å². The smallest absolute Gasteiger partial charge is 0.253 e. The van der Waals surface area contributed by atoms with Crippen LogP contribution in [-0.2, 0) is 11.2 Å². The quantitative estimate of drug-likeness (QED) is 0.459. The molecule has 1 heterocycles. The standard InChI is InChI=1S/C21H21N3O2S/c1-16(15-17-9-4-2-5-10-17)20(25)22-21-24-23-19(27-21)13-8-14-26-18-11-6-3-7-12-18/h2-7,9-12,15H,8,13-14H2,1H3,(H,22,24,25)/b16-15-. The van der Waals surface area contributed by atoms with Gasteiger partial charge in [-0.25, -0.2) is 0 Å². The number of hydrogen-bond acceptors (Lipinski definition) is 5. The number of para-hydroxylation sites is 1. The monoisotopic (exact) mass is 379 g/mol. The molecule has 0 unspecified atom stereocenters. The molecule has 0 saturated heterocycles. The fraction of sp³-hybridized carbons (Fsp3) is 0.190. The summed E-state index contributed by atoms with van der Waals surface area (Å²) in [5.74, 6) is 0.692. The summed E-state index contributed by atoms with van der Waals surface area (Å²) in [6.07, 6.45) is 3.45. The van der Waals surface area contributed by atoms with E-state index in [9.17, 15) is 4.79 Å². The Morgan fingerprint density at radius 2 is 1.78 bits per heavy atom. The lowest BCUT2D eigenvalue weighted by Gasteiger charge is -2.04. The molecule has 0 spiro atoms. The Kier molecular flexibility index (Phi) is 6.71. The number of aryl methyl sites for hydroxylation is 1. The van der Waals surface area contributed by atoms with Crippen LogP contribution in [-0.4, -0.2) is 22.7 Å². The number of nitrogens with one attached hydrogen (secondary N) is 1. The van der Waals surface area contributed by atoms with E-state index < -0.39 is 0 Å². The highest BCUT2D eigenvalue weighted by atomic mass is 32.1. The third kappa shape index (κ3) is 6.04. The molecule has 0 aliphatic carbocycles. The summed E-state index contributed by atoms with van der Waals surface area (Å²) >= 11 is 1.39. The molecule has 0 atom stereocenters. The fourth-order valence-corrected chi connectivity index (χ4v) is 3.17. The van der Waals surface area contributed by atoms with Gasteiger partial charge in [-0.05, 0) is 37.1 Å². The molecular weight excluding hydrogens is 358 g/mol. The van der Waals surface area contributed by atoms with Gasteiger partial charge >= 0.3 is 0 Å². The van der Waals surface area contributed by atoms with Crippen molar-refractivity contribution in [3.05, 3.63) is 76.8 Å². The molecule has 5 nitrogen and oxygen atoms in total.